The molecule has 0 atom stereocenters. The zero-order chi connectivity index (χ0) is 11.7. The highest BCUT2D eigenvalue weighted by molar-refractivity contribution is 5.95. The van der Waals surface area contributed by atoms with Gasteiger partial charge in [0.15, 0.2) is 0 Å². The van der Waals surface area contributed by atoms with Crippen molar-refractivity contribution in [2.75, 3.05) is 0 Å². The lowest BCUT2D eigenvalue weighted by Gasteiger charge is -2.03. The summed E-state index contributed by atoms with van der Waals surface area (Å²) in [6.45, 7) is 0. The first-order valence-corrected chi connectivity index (χ1v) is 4.53. The number of hydrogen-bond acceptors (Lipinski definition) is 3. The van der Waals surface area contributed by atoms with Crippen molar-refractivity contribution in [3.63, 3.8) is 0 Å². The summed E-state index contributed by atoms with van der Waals surface area (Å²) < 4.78 is 1.24. The monoisotopic (exact) mass is 218 g/mol. The smallest absolute Gasteiger partial charge is 0.332 e. The van der Waals surface area contributed by atoms with Gasteiger partial charge in [-0.1, -0.05) is 12.1 Å². The van der Waals surface area contributed by atoms with Gasteiger partial charge in [0.25, 0.3) is 0 Å². The third kappa shape index (κ3) is 1.68. The van der Waals surface area contributed by atoms with Crippen molar-refractivity contribution in [3.8, 4) is 11.6 Å². The summed E-state index contributed by atoms with van der Waals surface area (Å²) in [5, 5.41) is 16.4. The molecular formula is C10H10N4O2. The van der Waals surface area contributed by atoms with Crippen molar-refractivity contribution in [1.29, 1.82) is 5.41 Å². The fourth-order valence-electron chi connectivity index (χ4n) is 1.40. The van der Waals surface area contributed by atoms with E-state index in [1.54, 1.807) is 24.3 Å². The van der Waals surface area contributed by atoms with E-state index >= 15 is 0 Å². The Morgan fingerprint density at radius 2 is 2.25 bits per heavy atom. The lowest BCUT2D eigenvalue weighted by molar-refractivity contribution is 0.455. The molecular weight excluding hydrogens is 208 g/mol. The summed E-state index contributed by atoms with van der Waals surface area (Å²) in [6, 6.07) is 6.63. The highest BCUT2D eigenvalue weighted by Gasteiger charge is 2.05. The number of aromatic nitrogens is 2. The number of nitrogen functional groups attached to an aromatic ring is 1. The van der Waals surface area contributed by atoms with E-state index in [0.29, 0.717) is 11.3 Å². The number of imidazole rings is 1. The Morgan fingerprint density at radius 1 is 1.50 bits per heavy atom. The zero-order valence-corrected chi connectivity index (χ0v) is 8.27. The fourth-order valence-corrected chi connectivity index (χ4v) is 1.40. The second kappa shape index (κ2) is 3.58. The minimum Gasteiger partial charge on any atom is -0.493 e. The van der Waals surface area contributed by atoms with Crippen LogP contribution in [0.2, 0.25) is 0 Å². The molecule has 0 aliphatic heterocycles. The molecule has 0 aliphatic rings. The quantitative estimate of drug-likeness (QED) is 0.425. The van der Waals surface area contributed by atoms with Gasteiger partial charge in [0, 0.05) is 5.56 Å². The van der Waals surface area contributed by atoms with Crippen LogP contribution in [0.1, 0.15) is 5.56 Å². The molecule has 0 radical (unpaired) electrons. The number of aromatic hydroxyl groups is 1. The second-order valence-electron chi connectivity index (χ2n) is 3.28. The normalized spacial score (nSPS) is 10.2. The zero-order valence-electron chi connectivity index (χ0n) is 8.27. The van der Waals surface area contributed by atoms with Gasteiger partial charge < -0.3 is 10.8 Å². The molecule has 6 nitrogen and oxygen atoms in total. The lowest BCUT2D eigenvalue weighted by atomic mass is 10.2. The largest absolute Gasteiger partial charge is 0.493 e. The molecule has 0 saturated heterocycles. The molecule has 1 aromatic carbocycles. The van der Waals surface area contributed by atoms with Gasteiger partial charge in [0.2, 0.25) is 5.88 Å². The van der Waals surface area contributed by atoms with Gasteiger partial charge in [-0.25, -0.2) is 4.79 Å². The number of nitrogens with zero attached hydrogens (tertiary/aromatic N) is 1. The molecule has 5 N–H and O–H groups in total. The highest BCUT2D eigenvalue weighted by Crippen LogP contribution is 2.10. The average Bonchev–Trinajstić information content (AvgIpc) is 2.58. The van der Waals surface area contributed by atoms with E-state index in [4.69, 9.17) is 16.2 Å². The topological polar surface area (TPSA) is 108 Å². The van der Waals surface area contributed by atoms with Crippen LogP contribution in [-0.2, 0) is 0 Å². The van der Waals surface area contributed by atoms with Gasteiger partial charge in [-0.15, -0.1) is 0 Å². The maximum atomic E-state index is 11.4. The molecule has 2 rings (SSSR count). The van der Waals surface area contributed by atoms with E-state index in [1.165, 1.54) is 10.8 Å². The van der Waals surface area contributed by atoms with Crippen molar-refractivity contribution in [2.24, 2.45) is 5.73 Å². The van der Waals surface area contributed by atoms with Crippen LogP contribution in [0.15, 0.2) is 35.3 Å². The molecule has 6 heteroatoms. The van der Waals surface area contributed by atoms with Crippen molar-refractivity contribution >= 4 is 5.84 Å². The molecule has 0 aliphatic carbocycles. The molecule has 1 heterocycles. The van der Waals surface area contributed by atoms with Crippen molar-refractivity contribution in [2.45, 2.75) is 0 Å². The van der Waals surface area contributed by atoms with Gasteiger partial charge in [-0.05, 0) is 12.1 Å². The van der Waals surface area contributed by atoms with Gasteiger partial charge in [0.1, 0.15) is 5.84 Å². The number of nitrogens with one attached hydrogen (secondary N) is 2. The second-order valence-corrected chi connectivity index (χ2v) is 3.28. The highest BCUT2D eigenvalue weighted by atomic mass is 16.3. The van der Waals surface area contributed by atoms with E-state index in [1.807, 2.05) is 0 Å². The SMILES string of the molecule is N=C(N)c1cccc(-n2cc(O)[nH]c2=O)c1. The van der Waals surface area contributed by atoms with Crippen molar-refractivity contribution in [3.05, 3.63) is 46.5 Å². The summed E-state index contributed by atoms with van der Waals surface area (Å²) in [4.78, 5) is 13.6. The first-order valence-electron chi connectivity index (χ1n) is 4.53. The van der Waals surface area contributed by atoms with E-state index in [-0.39, 0.29) is 11.7 Å². The van der Waals surface area contributed by atoms with Crippen LogP contribution in [0, 0.1) is 5.41 Å². The minimum absolute atomic E-state index is 0.0744. The van der Waals surface area contributed by atoms with Crippen LogP contribution in [0.3, 0.4) is 0 Å². The molecule has 0 fully saturated rings. The predicted molar refractivity (Wildman–Crippen MR) is 59.1 cm³/mol. The number of H-pyrrole nitrogens is 1. The number of amidine groups is 1. The van der Waals surface area contributed by atoms with E-state index in [0.717, 1.165) is 0 Å². The maximum absolute atomic E-state index is 11.4. The standard InChI is InChI=1S/C10H10N4O2/c11-9(12)6-2-1-3-7(4-6)14-5-8(15)13-10(14)16/h1-5,15H,(H3,11,12)(H,13,16). The van der Waals surface area contributed by atoms with Crippen LogP contribution >= 0.6 is 0 Å². The van der Waals surface area contributed by atoms with Gasteiger partial charge in [-0.2, -0.15) is 0 Å². The molecule has 0 spiro atoms. The number of aromatic amines is 1. The third-order valence-electron chi connectivity index (χ3n) is 2.14. The Balaban J connectivity index is 2.56. The molecule has 82 valence electrons. The Kier molecular flexibility index (Phi) is 2.24. The number of rotatable bonds is 2. The summed E-state index contributed by atoms with van der Waals surface area (Å²) in [6.07, 6.45) is 1.27. The predicted octanol–water partition coefficient (Wildman–Crippen LogP) is 0.155. The van der Waals surface area contributed by atoms with Crippen LogP contribution in [0.25, 0.3) is 5.69 Å². The molecule has 0 amide bonds. The van der Waals surface area contributed by atoms with Gasteiger partial charge in [0.05, 0.1) is 11.9 Å². The summed E-state index contributed by atoms with van der Waals surface area (Å²) in [5.41, 5.74) is 5.95. The van der Waals surface area contributed by atoms with E-state index in [9.17, 15) is 4.79 Å². The maximum Gasteiger partial charge on any atom is 0.332 e. The van der Waals surface area contributed by atoms with Gasteiger partial charge >= 0.3 is 5.69 Å². The first-order chi connectivity index (χ1) is 7.58. The van der Waals surface area contributed by atoms with E-state index in [2.05, 4.69) is 4.98 Å². The molecule has 16 heavy (non-hydrogen) atoms. The van der Waals surface area contributed by atoms with Crippen molar-refractivity contribution in [1.82, 2.24) is 9.55 Å². The molecule has 0 unspecified atom stereocenters. The molecule has 0 saturated carbocycles. The Bertz CT molecular complexity index is 597. The number of nitrogens with two attached hydrogens (primary N) is 1. The van der Waals surface area contributed by atoms with Crippen LogP contribution in [-0.4, -0.2) is 20.5 Å². The van der Waals surface area contributed by atoms with Crippen molar-refractivity contribution < 1.29 is 5.11 Å². The van der Waals surface area contributed by atoms with E-state index < -0.39 is 5.69 Å². The summed E-state index contributed by atoms with van der Waals surface area (Å²) >= 11 is 0. The molecule has 0 bridgehead atoms. The minimum atomic E-state index is -0.446. The fraction of sp³-hybridized carbons (Fsp3) is 0. The molecule has 2 aromatic rings. The molecule has 1 aromatic heterocycles. The summed E-state index contributed by atoms with van der Waals surface area (Å²) in [7, 11) is 0. The van der Waals surface area contributed by atoms with Crippen LogP contribution in [0.4, 0.5) is 0 Å². The number of hydrogen-bond donors (Lipinski definition) is 4. The first kappa shape index (κ1) is 10.0. The average molecular weight is 218 g/mol. The Hall–Kier alpha value is -2.50. The van der Waals surface area contributed by atoms with Crippen LogP contribution < -0.4 is 11.4 Å². The third-order valence-corrected chi connectivity index (χ3v) is 2.14. The van der Waals surface area contributed by atoms with Gasteiger partial charge in [-0.3, -0.25) is 15.0 Å². The summed E-state index contributed by atoms with van der Waals surface area (Å²) in [5.74, 6) is -0.284. The lowest BCUT2D eigenvalue weighted by Crippen LogP contribution is -2.16. The Labute approximate surface area is 90.5 Å². The number of benzene rings is 1. The Morgan fingerprint density at radius 3 is 2.81 bits per heavy atom. The van der Waals surface area contributed by atoms with Crippen LogP contribution in [0.5, 0.6) is 5.88 Å².